The molecule has 0 heterocycles. The van der Waals surface area contributed by atoms with Crippen LogP contribution in [-0.4, -0.2) is 27.0 Å². The molecule has 0 aliphatic carbocycles. The lowest BCUT2D eigenvalue weighted by Gasteiger charge is -2.24. The van der Waals surface area contributed by atoms with Crippen LogP contribution in [0.25, 0.3) is 0 Å². The molecule has 0 aliphatic rings. The summed E-state index contributed by atoms with van der Waals surface area (Å²) in [5.41, 5.74) is 0.317. The molecule has 0 aromatic heterocycles. The second-order valence-electron chi connectivity index (χ2n) is 5.31. The minimum absolute atomic E-state index is 0.173. The van der Waals surface area contributed by atoms with Crippen LogP contribution >= 0.6 is 0 Å². The van der Waals surface area contributed by atoms with Crippen LogP contribution < -0.4 is 4.72 Å². The predicted octanol–water partition coefficient (Wildman–Crippen LogP) is 2.25. The Labute approximate surface area is 120 Å². The summed E-state index contributed by atoms with van der Waals surface area (Å²) in [6.45, 7) is 7.21. The lowest BCUT2D eigenvalue weighted by atomic mass is 10.0. The molecule has 0 atom stereocenters. The molecule has 1 rings (SSSR count). The van der Waals surface area contributed by atoms with E-state index in [9.17, 15) is 13.2 Å². The maximum Gasteiger partial charge on any atom is 0.337 e. The van der Waals surface area contributed by atoms with Crippen molar-refractivity contribution in [3.63, 3.8) is 0 Å². The molecule has 6 heteroatoms. The van der Waals surface area contributed by atoms with Gasteiger partial charge >= 0.3 is 5.97 Å². The van der Waals surface area contributed by atoms with E-state index < -0.39 is 21.5 Å². The summed E-state index contributed by atoms with van der Waals surface area (Å²) in [5, 5.41) is 0. The zero-order chi connectivity index (χ0) is 15.6. The summed E-state index contributed by atoms with van der Waals surface area (Å²) in [7, 11) is -2.33. The van der Waals surface area contributed by atoms with Crippen LogP contribution in [0.1, 0.15) is 43.1 Å². The van der Waals surface area contributed by atoms with Gasteiger partial charge in [0.1, 0.15) is 0 Å². The number of sulfonamides is 1. The fourth-order valence-corrected chi connectivity index (χ4v) is 3.40. The Balaban J connectivity index is 3.18. The van der Waals surface area contributed by atoms with Crippen LogP contribution in [0.4, 0.5) is 0 Å². The number of rotatable bonds is 5. The first kappa shape index (κ1) is 16.7. The second-order valence-corrected chi connectivity index (χ2v) is 6.97. The van der Waals surface area contributed by atoms with E-state index in [1.807, 2.05) is 20.8 Å². The van der Waals surface area contributed by atoms with E-state index in [-0.39, 0.29) is 4.90 Å². The molecule has 0 saturated carbocycles. The number of hydrogen-bond donors (Lipinski definition) is 1. The standard InChI is InChI=1S/C14H21NO4S/c1-6-14(3,4)15-20(17,18)12-8-7-11(9-10(12)2)13(16)19-5/h7-9,15H,6H2,1-5H3. The SMILES string of the molecule is CCC(C)(C)NS(=O)(=O)c1ccc(C(=O)OC)cc1C. The molecular weight excluding hydrogens is 278 g/mol. The normalized spacial score (nSPS) is 12.2. The monoisotopic (exact) mass is 299 g/mol. The highest BCUT2D eigenvalue weighted by Gasteiger charge is 2.26. The Bertz CT molecular complexity index is 606. The van der Waals surface area contributed by atoms with Crippen molar-refractivity contribution in [2.24, 2.45) is 0 Å². The minimum Gasteiger partial charge on any atom is -0.465 e. The zero-order valence-corrected chi connectivity index (χ0v) is 13.3. The molecular formula is C14H21NO4S. The molecule has 0 saturated heterocycles. The Morgan fingerprint density at radius 1 is 1.35 bits per heavy atom. The van der Waals surface area contributed by atoms with E-state index in [0.717, 1.165) is 0 Å². The van der Waals surface area contributed by atoms with E-state index in [1.165, 1.54) is 25.3 Å². The smallest absolute Gasteiger partial charge is 0.337 e. The van der Waals surface area contributed by atoms with E-state index in [0.29, 0.717) is 17.5 Å². The number of carbonyl (C=O) groups excluding carboxylic acids is 1. The molecule has 0 fully saturated rings. The molecule has 0 amide bonds. The highest BCUT2D eigenvalue weighted by atomic mass is 32.2. The summed E-state index contributed by atoms with van der Waals surface area (Å²) in [6.07, 6.45) is 0.672. The molecule has 5 nitrogen and oxygen atoms in total. The molecule has 0 unspecified atom stereocenters. The van der Waals surface area contributed by atoms with Gasteiger partial charge in [-0.3, -0.25) is 0 Å². The molecule has 112 valence electrons. The maximum absolute atomic E-state index is 12.4. The van der Waals surface area contributed by atoms with Crippen molar-refractivity contribution >= 4 is 16.0 Å². The van der Waals surface area contributed by atoms with E-state index in [2.05, 4.69) is 9.46 Å². The fourth-order valence-electron chi connectivity index (χ4n) is 1.69. The number of aryl methyl sites for hydroxylation is 1. The summed E-state index contributed by atoms with van der Waals surface area (Å²) in [4.78, 5) is 11.6. The van der Waals surface area contributed by atoms with Crippen molar-refractivity contribution in [1.82, 2.24) is 4.72 Å². The Kier molecular flexibility index (Phi) is 4.94. The molecule has 0 spiro atoms. The first-order valence-electron chi connectivity index (χ1n) is 6.36. The number of esters is 1. The van der Waals surface area contributed by atoms with Gasteiger partial charge in [-0.1, -0.05) is 6.92 Å². The fraction of sp³-hybridized carbons (Fsp3) is 0.500. The predicted molar refractivity (Wildman–Crippen MR) is 77.2 cm³/mol. The van der Waals surface area contributed by atoms with Gasteiger partial charge in [0.25, 0.3) is 0 Å². The summed E-state index contributed by atoms with van der Waals surface area (Å²) >= 11 is 0. The molecule has 0 bridgehead atoms. The molecule has 0 radical (unpaired) electrons. The number of carbonyl (C=O) groups is 1. The van der Waals surface area contributed by atoms with Crippen molar-refractivity contribution in [2.45, 2.75) is 44.6 Å². The number of benzene rings is 1. The summed E-state index contributed by atoms with van der Waals surface area (Å²) in [5.74, 6) is -0.487. The van der Waals surface area contributed by atoms with Crippen LogP contribution in [0.2, 0.25) is 0 Å². The van der Waals surface area contributed by atoms with Crippen molar-refractivity contribution in [3.05, 3.63) is 29.3 Å². The number of hydrogen-bond acceptors (Lipinski definition) is 4. The zero-order valence-electron chi connectivity index (χ0n) is 12.5. The lowest BCUT2D eigenvalue weighted by Crippen LogP contribution is -2.42. The highest BCUT2D eigenvalue weighted by molar-refractivity contribution is 7.89. The van der Waals surface area contributed by atoms with Gasteiger partial charge in [-0.2, -0.15) is 0 Å². The lowest BCUT2D eigenvalue weighted by molar-refractivity contribution is 0.0600. The van der Waals surface area contributed by atoms with Gasteiger partial charge in [-0.05, 0) is 51.0 Å². The maximum atomic E-state index is 12.4. The molecule has 1 N–H and O–H groups in total. The quantitative estimate of drug-likeness (QED) is 0.846. The Morgan fingerprint density at radius 2 is 1.95 bits per heavy atom. The molecule has 1 aromatic rings. The number of ether oxygens (including phenoxy) is 1. The van der Waals surface area contributed by atoms with Gasteiger partial charge in [-0.25, -0.2) is 17.9 Å². The van der Waals surface area contributed by atoms with Crippen molar-refractivity contribution in [1.29, 1.82) is 0 Å². The second kappa shape index (κ2) is 5.93. The minimum atomic E-state index is -3.61. The van der Waals surface area contributed by atoms with Crippen molar-refractivity contribution in [3.8, 4) is 0 Å². The van der Waals surface area contributed by atoms with Crippen molar-refractivity contribution < 1.29 is 17.9 Å². The van der Waals surface area contributed by atoms with Crippen LogP contribution in [0.15, 0.2) is 23.1 Å². The Morgan fingerprint density at radius 3 is 2.40 bits per heavy atom. The number of methoxy groups -OCH3 is 1. The van der Waals surface area contributed by atoms with Gasteiger partial charge in [-0.15, -0.1) is 0 Å². The largest absolute Gasteiger partial charge is 0.465 e. The van der Waals surface area contributed by atoms with E-state index >= 15 is 0 Å². The summed E-state index contributed by atoms with van der Waals surface area (Å²) < 4.78 is 32.0. The molecule has 1 aromatic carbocycles. The number of nitrogens with one attached hydrogen (secondary N) is 1. The van der Waals surface area contributed by atoms with Gasteiger partial charge in [0.2, 0.25) is 10.0 Å². The van der Waals surface area contributed by atoms with Gasteiger partial charge in [0, 0.05) is 5.54 Å². The molecule has 20 heavy (non-hydrogen) atoms. The average Bonchev–Trinajstić information content (AvgIpc) is 2.36. The van der Waals surface area contributed by atoms with Gasteiger partial charge < -0.3 is 4.74 Å². The Hall–Kier alpha value is -1.40. The van der Waals surface area contributed by atoms with Crippen LogP contribution in [-0.2, 0) is 14.8 Å². The first-order chi connectivity index (χ1) is 9.13. The van der Waals surface area contributed by atoms with Crippen LogP contribution in [0.5, 0.6) is 0 Å². The van der Waals surface area contributed by atoms with Crippen molar-refractivity contribution in [2.75, 3.05) is 7.11 Å². The molecule has 0 aliphatic heterocycles. The van der Waals surface area contributed by atoms with E-state index in [1.54, 1.807) is 6.92 Å². The summed E-state index contributed by atoms with van der Waals surface area (Å²) in [6, 6.07) is 4.39. The van der Waals surface area contributed by atoms with Crippen LogP contribution in [0, 0.1) is 6.92 Å². The third kappa shape index (κ3) is 3.80. The average molecular weight is 299 g/mol. The third-order valence-electron chi connectivity index (χ3n) is 3.18. The van der Waals surface area contributed by atoms with Crippen LogP contribution in [0.3, 0.4) is 0 Å². The first-order valence-corrected chi connectivity index (χ1v) is 7.84. The van der Waals surface area contributed by atoms with E-state index in [4.69, 9.17) is 0 Å². The topological polar surface area (TPSA) is 72.5 Å². The third-order valence-corrected chi connectivity index (χ3v) is 5.04. The highest BCUT2D eigenvalue weighted by Crippen LogP contribution is 2.20. The van der Waals surface area contributed by atoms with Gasteiger partial charge in [0.05, 0.1) is 17.6 Å². The van der Waals surface area contributed by atoms with Gasteiger partial charge in [0.15, 0.2) is 0 Å².